The zero-order valence-corrected chi connectivity index (χ0v) is 18.6. The fourth-order valence-corrected chi connectivity index (χ4v) is 4.33. The normalized spacial score (nSPS) is 10.9. The van der Waals surface area contributed by atoms with E-state index in [9.17, 15) is 9.59 Å². The van der Waals surface area contributed by atoms with E-state index in [1.807, 2.05) is 43.3 Å². The van der Waals surface area contributed by atoms with Gasteiger partial charge in [-0.2, -0.15) is 0 Å². The van der Waals surface area contributed by atoms with Gasteiger partial charge in [0.25, 0.3) is 5.56 Å². The molecular formula is C25H28N2O3S. The summed E-state index contributed by atoms with van der Waals surface area (Å²) in [6, 6.07) is 21.8. The van der Waals surface area contributed by atoms with Crippen molar-refractivity contribution in [2.24, 2.45) is 0 Å². The zero-order valence-electron chi connectivity index (χ0n) is 17.8. The average molecular weight is 437 g/mol. The molecule has 162 valence electrons. The highest BCUT2D eigenvalue weighted by atomic mass is 32.2. The Labute approximate surface area is 187 Å². The molecule has 1 N–H and O–H groups in total. The lowest BCUT2D eigenvalue weighted by Gasteiger charge is -2.18. The van der Waals surface area contributed by atoms with E-state index in [1.54, 1.807) is 17.8 Å². The van der Waals surface area contributed by atoms with Crippen LogP contribution in [0.3, 0.4) is 0 Å². The van der Waals surface area contributed by atoms with Gasteiger partial charge in [0.15, 0.2) is 5.16 Å². The summed E-state index contributed by atoms with van der Waals surface area (Å²) in [6.07, 6.45) is 3.15. The lowest BCUT2D eigenvalue weighted by Crippen LogP contribution is -2.14. The molecule has 1 aromatic heterocycles. The molecule has 1 heterocycles. The number of benzene rings is 2. The number of aromatic amines is 1. The monoisotopic (exact) mass is 436 g/mol. The Kier molecular flexibility index (Phi) is 8.91. The van der Waals surface area contributed by atoms with E-state index in [2.05, 4.69) is 29.2 Å². The Morgan fingerprint density at radius 1 is 1.00 bits per heavy atom. The molecule has 0 aliphatic rings. The van der Waals surface area contributed by atoms with Gasteiger partial charge in [-0.05, 0) is 30.9 Å². The van der Waals surface area contributed by atoms with Crippen LogP contribution in [0.5, 0.6) is 0 Å². The van der Waals surface area contributed by atoms with Crippen molar-refractivity contribution in [2.45, 2.75) is 43.7 Å². The molecule has 0 saturated heterocycles. The summed E-state index contributed by atoms with van der Waals surface area (Å²) in [5.41, 5.74) is 2.79. The molecule has 0 unspecified atom stereocenters. The molecule has 0 fully saturated rings. The average Bonchev–Trinajstić information content (AvgIpc) is 2.78. The lowest BCUT2D eigenvalue weighted by atomic mass is 9.88. The predicted octanol–water partition coefficient (Wildman–Crippen LogP) is 5.17. The second-order valence-corrected chi connectivity index (χ2v) is 8.28. The molecule has 0 bridgehead atoms. The molecule has 0 amide bonds. The number of ether oxygens (including phenoxy) is 1. The number of aromatic nitrogens is 2. The molecule has 6 heteroatoms. The van der Waals surface area contributed by atoms with Gasteiger partial charge >= 0.3 is 5.97 Å². The van der Waals surface area contributed by atoms with E-state index in [0.29, 0.717) is 18.2 Å². The van der Waals surface area contributed by atoms with Gasteiger partial charge in [-0.1, -0.05) is 78.8 Å². The Morgan fingerprint density at radius 2 is 1.65 bits per heavy atom. The second-order valence-electron chi connectivity index (χ2n) is 7.19. The van der Waals surface area contributed by atoms with Gasteiger partial charge in [-0.15, -0.1) is 0 Å². The summed E-state index contributed by atoms with van der Waals surface area (Å²) in [7, 11) is 0. The van der Waals surface area contributed by atoms with Crippen molar-refractivity contribution in [2.75, 3.05) is 12.4 Å². The van der Waals surface area contributed by atoms with Crippen LogP contribution in [0.1, 0.15) is 55.3 Å². The van der Waals surface area contributed by atoms with Crippen molar-refractivity contribution in [3.05, 3.63) is 93.9 Å². The predicted molar refractivity (Wildman–Crippen MR) is 125 cm³/mol. The number of thioether (sulfide) groups is 1. The maximum absolute atomic E-state index is 12.4. The summed E-state index contributed by atoms with van der Waals surface area (Å²) in [5, 5.41) is 0.629. The Hall–Kier alpha value is -2.86. The molecule has 0 aliphatic carbocycles. The number of H-pyrrole nitrogens is 1. The van der Waals surface area contributed by atoms with Crippen LogP contribution in [0.15, 0.2) is 76.7 Å². The first-order valence-electron chi connectivity index (χ1n) is 10.7. The van der Waals surface area contributed by atoms with Crippen molar-refractivity contribution >= 4 is 17.7 Å². The van der Waals surface area contributed by atoms with Crippen molar-refractivity contribution in [1.29, 1.82) is 0 Å². The summed E-state index contributed by atoms with van der Waals surface area (Å²) >= 11 is 1.54. The molecule has 0 spiro atoms. The molecule has 0 radical (unpaired) electrons. The number of nitrogens with zero attached hydrogens (tertiary/aromatic N) is 1. The van der Waals surface area contributed by atoms with E-state index >= 15 is 0 Å². The van der Waals surface area contributed by atoms with E-state index in [4.69, 9.17) is 9.72 Å². The molecule has 5 nitrogen and oxygen atoms in total. The van der Waals surface area contributed by atoms with Gasteiger partial charge in [-0.3, -0.25) is 9.59 Å². The van der Waals surface area contributed by atoms with Crippen LogP contribution in [0.2, 0.25) is 0 Å². The first-order chi connectivity index (χ1) is 15.2. The quantitative estimate of drug-likeness (QED) is 0.194. The molecule has 0 saturated carbocycles. The van der Waals surface area contributed by atoms with Crippen LogP contribution >= 0.6 is 11.8 Å². The highest BCUT2D eigenvalue weighted by Crippen LogP contribution is 2.30. The fraction of sp³-hybridized carbons (Fsp3) is 0.320. The Balaban J connectivity index is 1.69. The molecule has 2 aromatic carbocycles. The van der Waals surface area contributed by atoms with E-state index in [0.717, 1.165) is 41.8 Å². The maximum Gasteiger partial charge on any atom is 0.305 e. The topological polar surface area (TPSA) is 72.0 Å². The van der Waals surface area contributed by atoms with Crippen molar-refractivity contribution < 1.29 is 9.53 Å². The minimum absolute atomic E-state index is 0.103. The molecule has 0 atom stereocenters. The second kappa shape index (κ2) is 12.1. The SMILES string of the molecule is CCOC(=O)CCCCCSc1nc(C(c2ccccc2)c2ccccc2)cc(=O)[nH]1. The van der Waals surface area contributed by atoms with Gasteiger partial charge in [0, 0.05) is 18.2 Å². The first kappa shape index (κ1) is 22.8. The number of hydrogen-bond acceptors (Lipinski definition) is 5. The number of hydrogen-bond donors (Lipinski definition) is 1. The Morgan fingerprint density at radius 3 is 2.26 bits per heavy atom. The highest BCUT2D eigenvalue weighted by Gasteiger charge is 2.19. The van der Waals surface area contributed by atoms with Crippen molar-refractivity contribution in [3.8, 4) is 0 Å². The number of carbonyl (C=O) groups is 1. The minimum atomic E-state index is -0.147. The summed E-state index contributed by atoms with van der Waals surface area (Å²) < 4.78 is 4.95. The molecule has 3 rings (SSSR count). The molecule has 3 aromatic rings. The molecule has 31 heavy (non-hydrogen) atoms. The third-order valence-corrected chi connectivity index (χ3v) is 5.83. The Bertz CT molecular complexity index is 967. The number of esters is 1. The number of nitrogens with one attached hydrogen (secondary N) is 1. The van der Waals surface area contributed by atoms with Crippen molar-refractivity contribution in [1.82, 2.24) is 9.97 Å². The van der Waals surface area contributed by atoms with Gasteiger partial charge in [0.05, 0.1) is 18.2 Å². The number of carbonyl (C=O) groups excluding carboxylic acids is 1. The first-order valence-corrected chi connectivity index (χ1v) is 11.7. The standard InChI is InChI=1S/C25H28N2O3S/c1-2-30-23(29)16-10-5-11-17-31-25-26-21(18-22(28)27-25)24(19-12-6-3-7-13-19)20-14-8-4-9-15-20/h3-4,6-9,12-15,18,24H,2,5,10-11,16-17H2,1H3,(H,26,27,28). The third kappa shape index (κ3) is 7.10. The fourth-order valence-electron chi connectivity index (χ4n) is 3.44. The van der Waals surface area contributed by atoms with Crippen LogP contribution in [0.4, 0.5) is 0 Å². The smallest absolute Gasteiger partial charge is 0.305 e. The van der Waals surface area contributed by atoms with Crippen LogP contribution in [0.25, 0.3) is 0 Å². The minimum Gasteiger partial charge on any atom is -0.466 e. The summed E-state index contributed by atoms with van der Waals surface area (Å²) in [4.78, 5) is 31.4. The largest absolute Gasteiger partial charge is 0.466 e. The van der Waals surface area contributed by atoms with E-state index < -0.39 is 0 Å². The van der Waals surface area contributed by atoms with Gasteiger partial charge in [0.2, 0.25) is 0 Å². The summed E-state index contributed by atoms with van der Waals surface area (Å²) in [6.45, 7) is 2.24. The number of rotatable bonds is 11. The zero-order chi connectivity index (χ0) is 21.9. The van der Waals surface area contributed by atoms with E-state index in [-0.39, 0.29) is 17.4 Å². The van der Waals surface area contributed by atoms with Crippen molar-refractivity contribution in [3.63, 3.8) is 0 Å². The van der Waals surface area contributed by atoms with Crippen LogP contribution < -0.4 is 5.56 Å². The summed E-state index contributed by atoms with van der Waals surface area (Å²) in [5.74, 6) is 0.589. The van der Waals surface area contributed by atoms with Crippen LogP contribution in [0, 0.1) is 0 Å². The van der Waals surface area contributed by atoms with Crippen LogP contribution in [-0.4, -0.2) is 28.3 Å². The van der Waals surface area contributed by atoms with Crippen LogP contribution in [-0.2, 0) is 9.53 Å². The lowest BCUT2D eigenvalue weighted by molar-refractivity contribution is -0.143. The van der Waals surface area contributed by atoms with Gasteiger partial charge in [0.1, 0.15) is 0 Å². The van der Waals surface area contributed by atoms with Gasteiger partial charge in [-0.25, -0.2) is 4.98 Å². The number of unbranched alkanes of at least 4 members (excludes halogenated alkanes) is 2. The molecular weight excluding hydrogens is 408 g/mol. The maximum atomic E-state index is 12.4. The molecule has 0 aliphatic heterocycles. The van der Waals surface area contributed by atoms with Gasteiger partial charge < -0.3 is 9.72 Å². The highest BCUT2D eigenvalue weighted by molar-refractivity contribution is 7.99. The third-order valence-electron chi connectivity index (χ3n) is 4.87. The van der Waals surface area contributed by atoms with E-state index in [1.165, 1.54) is 0 Å².